The van der Waals surface area contributed by atoms with Crippen molar-refractivity contribution < 1.29 is 0 Å². The summed E-state index contributed by atoms with van der Waals surface area (Å²) in [6, 6.07) is 3.86. The van der Waals surface area contributed by atoms with E-state index in [1.165, 1.54) is 12.8 Å². The van der Waals surface area contributed by atoms with Crippen molar-refractivity contribution in [2.24, 2.45) is 5.92 Å². The molecule has 0 aliphatic rings. The number of anilines is 2. The second-order valence-corrected chi connectivity index (χ2v) is 3.50. The summed E-state index contributed by atoms with van der Waals surface area (Å²) in [7, 11) is 0. The van der Waals surface area contributed by atoms with Gasteiger partial charge in [-0.2, -0.15) is 0 Å². The Balaban J connectivity index is 2.49. The molecule has 0 fully saturated rings. The molecule has 1 aromatic heterocycles. The molecule has 0 saturated heterocycles. The predicted molar refractivity (Wildman–Crippen MR) is 61.2 cm³/mol. The number of rotatable bonds is 5. The molecule has 1 rings (SSSR count). The molecule has 0 radical (unpaired) electrons. The Bertz CT molecular complexity index is 269. The lowest BCUT2D eigenvalue weighted by Gasteiger charge is -2.14. The Morgan fingerprint density at radius 2 is 2.14 bits per heavy atom. The number of hydrogen-bond acceptors (Lipinski definition) is 3. The fourth-order valence-electron chi connectivity index (χ4n) is 1.40. The largest absolute Gasteiger partial charge is 0.382 e. The summed E-state index contributed by atoms with van der Waals surface area (Å²) in [5.41, 5.74) is 6.66. The molecule has 0 saturated carbocycles. The van der Waals surface area contributed by atoms with Crippen LogP contribution in [-0.2, 0) is 0 Å². The van der Waals surface area contributed by atoms with Crippen molar-refractivity contribution in [3.05, 3.63) is 18.3 Å². The number of hydrogen-bond donors (Lipinski definition) is 2. The molecule has 0 spiro atoms. The van der Waals surface area contributed by atoms with Crippen molar-refractivity contribution in [1.29, 1.82) is 0 Å². The number of pyridine rings is 1. The summed E-state index contributed by atoms with van der Waals surface area (Å²) in [4.78, 5) is 4.02. The highest BCUT2D eigenvalue weighted by molar-refractivity contribution is 5.60. The third kappa shape index (κ3) is 2.91. The van der Waals surface area contributed by atoms with Gasteiger partial charge in [-0.15, -0.1) is 0 Å². The summed E-state index contributed by atoms with van der Waals surface area (Å²) in [5, 5.41) is 3.33. The lowest BCUT2D eigenvalue weighted by molar-refractivity contribution is 0.519. The van der Waals surface area contributed by atoms with E-state index in [0.29, 0.717) is 5.82 Å². The first-order valence-corrected chi connectivity index (χ1v) is 5.22. The van der Waals surface area contributed by atoms with E-state index < -0.39 is 0 Å². The topological polar surface area (TPSA) is 50.9 Å². The lowest BCUT2D eigenvalue weighted by atomic mass is 10.0. The first-order valence-electron chi connectivity index (χ1n) is 5.22. The smallest absolute Gasteiger partial charge is 0.146 e. The predicted octanol–water partition coefficient (Wildman–Crippen LogP) is 2.51. The highest BCUT2D eigenvalue weighted by Crippen LogP contribution is 2.15. The van der Waals surface area contributed by atoms with E-state index in [0.717, 1.165) is 18.2 Å². The second kappa shape index (κ2) is 5.47. The van der Waals surface area contributed by atoms with Crippen LogP contribution in [0.15, 0.2) is 18.3 Å². The fraction of sp³-hybridized carbons (Fsp3) is 0.545. The monoisotopic (exact) mass is 193 g/mol. The normalized spacial score (nSPS) is 10.5. The standard InChI is InChI=1S/C11H19N3/c1-3-9(4-2)8-14-10-6-5-7-13-11(10)12/h5-7,9,14H,3-4,8H2,1-2H3,(H2,12,13). The quantitative estimate of drug-likeness (QED) is 0.755. The second-order valence-electron chi connectivity index (χ2n) is 3.50. The summed E-state index contributed by atoms with van der Waals surface area (Å²) < 4.78 is 0. The van der Waals surface area contributed by atoms with Gasteiger partial charge in [0.25, 0.3) is 0 Å². The maximum absolute atomic E-state index is 5.72. The Labute approximate surface area is 85.7 Å². The molecule has 1 aromatic rings. The van der Waals surface area contributed by atoms with E-state index in [9.17, 15) is 0 Å². The zero-order valence-electron chi connectivity index (χ0n) is 8.96. The zero-order chi connectivity index (χ0) is 10.4. The Kier molecular flexibility index (Phi) is 4.23. The molecule has 0 amide bonds. The van der Waals surface area contributed by atoms with Crippen LogP contribution in [0, 0.1) is 5.92 Å². The molecule has 0 unspecified atom stereocenters. The maximum Gasteiger partial charge on any atom is 0.146 e. The minimum atomic E-state index is 0.582. The van der Waals surface area contributed by atoms with E-state index in [1.807, 2.05) is 12.1 Å². The van der Waals surface area contributed by atoms with Crippen LogP contribution in [0.25, 0.3) is 0 Å². The Morgan fingerprint density at radius 3 is 2.71 bits per heavy atom. The number of nitrogen functional groups attached to an aromatic ring is 1. The first-order chi connectivity index (χ1) is 6.77. The van der Waals surface area contributed by atoms with Gasteiger partial charge in [0.05, 0.1) is 5.69 Å². The van der Waals surface area contributed by atoms with Gasteiger partial charge < -0.3 is 11.1 Å². The fourth-order valence-corrected chi connectivity index (χ4v) is 1.40. The van der Waals surface area contributed by atoms with Gasteiger partial charge in [-0.25, -0.2) is 4.98 Å². The number of aromatic nitrogens is 1. The Hall–Kier alpha value is -1.25. The molecule has 1 heterocycles. The molecule has 3 heteroatoms. The highest BCUT2D eigenvalue weighted by Gasteiger charge is 2.04. The molecule has 0 aliphatic carbocycles. The first kappa shape index (κ1) is 10.8. The van der Waals surface area contributed by atoms with Crippen molar-refractivity contribution in [2.45, 2.75) is 26.7 Å². The Morgan fingerprint density at radius 1 is 1.43 bits per heavy atom. The molecular weight excluding hydrogens is 174 g/mol. The SMILES string of the molecule is CCC(CC)CNc1cccnc1N. The average molecular weight is 193 g/mol. The molecule has 0 aromatic carbocycles. The summed E-state index contributed by atoms with van der Waals surface area (Å²) in [6.45, 7) is 5.40. The minimum Gasteiger partial charge on any atom is -0.382 e. The molecule has 0 atom stereocenters. The third-order valence-corrected chi connectivity index (χ3v) is 2.57. The van der Waals surface area contributed by atoms with Gasteiger partial charge in [0.15, 0.2) is 0 Å². The molecular formula is C11H19N3. The number of nitrogens with zero attached hydrogens (tertiary/aromatic N) is 1. The van der Waals surface area contributed by atoms with Crippen LogP contribution in [0.1, 0.15) is 26.7 Å². The lowest BCUT2D eigenvalue weighted by Crippen LogP contribution is -2.13. The van der Waals surface area contributed by atoms with E-state index >= 15 is 0 Å². The van der Waals surface area contributed by atoms with Crippen LogP contribution < -0.4 is 11.1 Å². The van der Waals surface area contributed by atoms with E-state index in [1.54, 1.807) is 6.20 Å². The van der Waals surface area contributed by atoms with E-state index in [2.05, 4.69) is 24.1 Å². The molecule has 14 heavy (non-hydrogen) atoms. The van der Waals surface area contributed by atoms with Crippen molar-refractivity contribution in [2.75, 3.05) is 17.6 Å². The minimum absolute atomic E-state index is 0.582. The van der Waals surface area contributed by atoms with Gasteiger partial charge in [-0.3, -0.25) is 0 Å². The van der Waals surface area contributed by atoms with Crippen LogP contribution in [0.2, 0.25) is 0 Å². The van der Waals surface area contributed by atoms with Crippen molar-refractivity contribution >= 4 is 11.5 Å². The van der Waals surface area contributed by atoms with Crippen LogP contribution in [0.4, 0.5) is 11.5 Å². The van der Waals surface area contributed by atoms with E-state index in [-0.39, 0.29) is 0 Å². The highest BCUT2D eigenvalue weighted by atomic mass is 14.9. The van der Waals surface area contributed by atoms with Crippen LogP contribution >= 0.6 is 0 Å². The van der Waals surface area contributed by atoms with E-state index in [4.69, 9.17) is 5.73 Å². The maximum atomic E-state index is 5.72. The number of nitrogens with two attached hydrogens (primary N) is 1. The van der Waals surface area contributed by atoms with Gasteiger partial charge in [0, 0.05) is 12.7 Å². The van der Waals surface area contributed by atoms with Crippen molar-refractivity contribution in [3.63, 3.8) is 0 Å². The van der Waals surface area contributed by atoms with Gasteiger partial charge in [-0.1, -0.05) is 26.7 Å². The molecule has 0 bridgehead atoms. The van der Waals surface area contributed by atoms with Crippen molar-refractivity contribution in [1.82, 2.24) is 4.98 Å². The molecule has 3 nitrogen and oxygen atoms in total. The van der Waals surface area contributed by atoms with Crippen LogP contribution in [-0.4, -0.2) is 11.5 Å². The molecule has 3 N–H and O–H groups in total. The average Bonchev–Trinajstić information content (AvgIpc) is 2.22. The summed E-state index contributed by atoms with van der Waals surface area (Å²) in [6.07, 6.45) is 4.10. The van der Waals surface area contributed by atoms with Crippen LogP contribution in [0.3, 0.4) is 0 Å². The third-order valence-electron chi connectivity index (χ3n) is 2.57. The van der Waals surface area contributed by atoms with Gasteiger partial charge in [-0.05, 0) is 18.1 Å². The van der Waals surface area contributed by atoms with Gasteiger partial charge >= 0.3 is 0 Å². The molecule has 78 valence electrons. The molecule has 0 aliphatic heterocycles. The van der Waals surface area contributed by atoms with Crippen LogP contribution in [0.5, 0.6) is 0 Å². The van der Waals surface area contributed by atoms with Crippen molar-refractivity contribution in [3.8, 4) is 0 Å². The van der Waals surface area contributed by atoms with Gasteiger partial charge in [0.2, 0.25) is 0 Å². The summed E-state index contributed by atoms with van der Waals surface area (Å²) >= 11 is 0. The summed E-state index contributed by atoms with van der Waals surface area (Å²) in [5.74, 6) is 1.30. The zero-order valence-corrected chi connectivity index (χ0v) is 8.96. The van der Waals surface area contributed by atoms with Gasteiger partial charge in [0.1, 0.15) is 5.82 Å². The number of nitrogens with one attached hydrogen (secondary N) is 1.